The van der Waals surface area contributed by atoms with E-state index in [1.165, 1.54) is 38.8 Å². The van der Waals surface area contributed by atoms with Crippen LogP contribution in [-0.4, -0.2) is 4.98 Å². The van der Waals surface area contributed by atoms with Crippen molar-refractivity contribution in [2.24, 2.45) is 0 Å². The maximum absolute atomic E-state index is 4.02. The van der Waals surface area contributed by atoms with E-state index in [1.54, 1.807) is 0 Å². The molecule has 0 aliphatic heterocycles. The molecule has 1 aromatic heterocycles. The molecule has 0 fully saturated rings. The Hall–Kier alpha value is -3.06. The zero-order valence-electron chi connectivity index (χ0n) is 17.1. The van der Waals surface area contributed by atoms with Crippen LogP contribution in [-0.2, 0) is 5.41 Å². The predicted octanol–water partition coefficient (Wildman–Crippen LogP) is 7.75. The van der Waals surface area contributed by atoms with E-state index in [2.05, 4.69) is 106 Å². The van der Waals surface area contributed by atoms with E-state index in [0.29, 0.717) is 0 Å². The molecule has 0 amide bonds. The van der Waals surface area contributed by atoms with E-state index >= 15 is 0 Å². The first-order chi connectivity index (χ1) is 13.4. The summed E-state index contributed by atoms with van der Waals surface area (Å²) in [5.74, 6) is 0. The van der Waals surface area contributed by atoms with Crippen molar-refractivity contribution in [3.8, 4) is 22.3 Å². The van der Waals surface area contributed by atoms with Crippen LogP contribution in [0.3, 0.4) is 0 Å². The van der Waals surface area contributed by atoms with Crippen LogP contribution in [0.5, 0.6) is 0 Å². The van der Waals surface area contributed by atoms with E-state index in [4.69, 9.17) is 0 Å². The maximum Gasteiger partial charge on any atom is 0.0465 e. The topological polar surface area (TPSA) is 15.8 Å². The van der Waals surface area contributed by atoms with Gasteiger partial charge in [0, 0.05) is 22.2 Å². The Morgan fingerprint density at radius 1 is 0.821 bits per heavy atom. The van der Waals surface area contributed by atoms with E-state index in [1.807, 2.05) is 6.08 Å². The highest BCUT2D eigenvalue weighted by atomic mass is 14.7. The first kappa shape index (κ1) is 18.3. The fraction of sp³-hybridized carbons (Fsp3) is 0.185. The number of aromatic nitrogens is 1. The van der Waals surface area contributed by atoms with Crippen molar-refractivity contribution in [2.45, 2.75) is 33.1 Å². The molecule has 0 aliphatic carbocycles. The van der Waals surface area contributed by atoms with Crippen molar-refractivity contribution >= 4 is 17.0 Å². The Morgan fingerprint density at radius 3 is 2.18 bits per heavy atom. The lowest BCUT2D eigenvalue weighted by molar-refractivity contribution is 0.590. The minimum absolute atomic E-state index is 0.167. The van der Waals surface area contributed by atoms with Crippen LogP contribution in [0.15, 0.2) is 73.3 Å². The van der Waals surface area contributed by atoms with Gasteiger partial charge in [-0.1, -0.05) is 87.5 Å². The molecular formula is C27H27N. The summed E-state index contributed by atoms with van der Waals surface area (Å²) >= 11 is 0. The number of aryl methyl sites for hydroxylation is 1. The zero-order valence-corrected chi connectivity index (χ0v) is 17.1. The number of rotatable bonds is 3. The van der Waals surface area contributed by atoms with Crippen LogP contribution in [0.1, 0.15) is 37.6 Å². The number of benzene rings is 3. The lowest BCUT2D eigenvalue weighted by Crippen LogP contribution is -2.10. The Labute approximate surface area is 167 Å². The van der Waals surface area contributed by atoms with Gasteiger partial charge in [0.15, 0.2) is 0 Å². The molecule has 4 rings (SSSR count). The molecule has 3 aromatic carbocycles. The van der Waals surface area contributed by atoms with Crippen molar-refractivity contribution < 1.29 is 0 Å². The fourth-order valence-corrected chi connectivity index (χ4v) is 3.82. The standard InChI is InChI=1S/C27H27N/c1-6-24-26(21-9-7-8-18(2)16-21)23-17-20(12-15-25(23)28-24)19-10-13-22(14-11-19)27(3,4)5/h6-17,28H,1H2,2-5H3. The van der Waals surface area contributed by atoms with Crippen molar-refractivity contribution in [1.29, 1.82) is 0 Å². The minimum Gasteiger partial charge on any atom is -0.355 e. The van der Waals surface area contributed by atoms with Crippen LogP contribution in [0.4, 0.5) is 0 Å². The third-order valence-electron chi connectivity index (χ3n) is 5.42. The molecule has 1 heterocycles. The van der Waals surface area contributed by atoms with Crippen molar-refractivity contribution in [2.75, 3.05) is 0 Å². The molecule has 28 heavy (non-hydrogen) atoms. The largest absolute Gasteiger partial charge is 0.355 e. The summed E-state index contributed by atoms with van der Waals surface area (Å²) in [6.07, 6.45) is 1.91. The maximum atomic E-state index is 4.02. The summed E-state index contributed by atoms with van der Waals surface area (Å²) < 4.78 is 0. The molecular weight excluding hydrogens is 338 g/mol. The third-order valence-corrected chi connectivity index (χ3v) is 5.42. The average molecular weight is 366 g/mol. The van der Waals surface area contributed by atoms with Crippen LogP contribution in [0.25, 0.3) is 39.2 Å². The lowest BCUT2D eigenvalue weighted by atomic mass is 9.86. The van der Waals surface area contributed by atoms with Gasteiger partial charge >= 0.3 is 0 Å². The SMILES string of the molecule is C=Cc1[nH]c2ccc(-c3ccc(C(C)(C)C)cc3)cc2c1-c1cccc(C)c1. The second-order valence-electron chi connectivity index (χ2n) is 8.57. The number of hydrogen-bond donors (Lipinski definition) is 1. The minimum atomic E-state index is 0.167. The monoisotopic (exact) mass is 365 g/mol. The molecule has 1 nitrogen and oxygen atoms in total. The normalized spacial score (nSPS) is 11.7. The quantitative estimate of drug-likeness (QED) is 0.382. The van der Waals surface area contributed by atoms with Crippen LogP contribution in [0, 0.1) is 6.92 Å². The average Bonchev–Trinajstić information content (AvgIpc) is 3.05. The van der Waals surface area contributed by atoms with Gasteiger partial charge in [-0.15, -0.1) is 0 Å². The molecule has 0 atom stereocenters. The summed E-state index contributed by atoms with van der Waals surface area (Å²) in [7, 11) is 0. The third kappa shape index (κ3) is 3.29. The summed E-state index contributed by atoms with van der Waals surface area (Å²) in [4.78, 5) is 3.52. The second-order valence-corrected chi connectivity index (χ2v) is 8.57. The van der Waals surface area contributed by atoms with Crippen LogP contribution >= 0.6 is 0 Å². The van der Waals surface area contributed by atoms with Gasteiger partial charge in [-0.2, -0.15) is 0 Å². The molecule has 0 saturated carbocycles. The summed E-state index contributed by atoms with van der Waals surface area (Å²) in [6.45, 7) is 12.9. The Balaban J connectivity index is 1.87. The van der Waals surface area contributed by atoms with E-state index in [9.17, 15) is 0 Å². The Kier molecular flexibility index (Phi) is 4.47. The zero-order chi connectivity index (χ0) is 19.9. The number of aromatic amines is 1. The molecule has 0 unspecified atom stereocenters. The fourth-order valence-electron chi connectivity index (χ4n) is 3.82. The highest BCUT2D eigenvalue weighted by molar-refractivity contribution is 6.02. The highest BCUT2D eigenvalue weighted by Gasteiger charge is 2.15. The lowest BCUT2D eigenvalue weighted by Gasteiger charge is -2.19. The molecule has 0 saturated heterocycles. The van der Waals surface area contributed by atoms with Crippen molar-refractivity contribution in [3.05, 3.63) is 90.1 Å². The molecule has 0 spiro atoms. The number of hydrogen-bond acceptors (Lipinski definition) is 0. The molecule has 0 bridgehead atoms. The number of nitrogens with one attached hydrogen (secondary N) is 1. The molecule has 0 aliphatic rings. The van der Waals surface area contributed by atoms with Crippen molar-refractivity contribution in [1.82, 2.24) is 4.98 Å². The van der Waals surface area contributed by atoms with Gasteiger partial charge in [-0.25, -0.2) is 0 Å². The molecule has 140 valence electrons. The molecule has 1 N–H and O–H groups in total. The Bertz CT molecular complexity index is 1150. The van der Waals surface area contributed by atoms with Crippen LogP contribution in [0.2, 0.25) is 0 Å². The molecule has 1 heteroatoms. The van der Waals surface area contributed by atoms with Crippen molar-refractivity contribution in [3.63, 3.8) is 0 Å². The van der Waals surface area contributed by atoms with E-state index in [0.717, 1.165) is 11.2 Å². The van der Waals surface area contributed by atoms with E-state index in [-0.39, 0.29) is 5.41 Å². The molecule has 0 radical (unpaired) electrons. The van der Waals surface area contributed by atoms with Gasteiger partial charge in [0.05, 0.1) is 0 Å². The molecule has 4 aromatic rings. The van der Waals surface area contributed by atoms with Gasteiger partial charge in [0.1, 0.15) is 0 Å². The van der Waals surface area contributed by atoms with Gasteiger partial charge < -0.3 is 4.98 Å². The van der Waals surface area contributed by atoms with Gasteiger partial charge in [-0.05, 0) is 52.8 Å². The summed E-state index contributed by atoms with van der Waals surface area (Å²) in [5.41, 5.74) is 9.91. The highest BCUT2D eigenvalue weighted by Crippen LogP contribution is 2.36. The number of H-pyrrole nitrogens is 1. The van der Waals surface area contributed by atoms with Gasteiger partial charge in [-0.3, -0.25) is 0 Å². The number of fused-ring (bicyclic) bond motifs is 1. The van der Waals surface area contributed by atoms with E-state index < -0.39 is 0 Å². The summed E-state index contributed by atoms with van der Waals surface area (Å²) in [5, 5.41) is 1.23. The smallest absolute Gasteiger partial charge is 0.0465 e. The summed E-state index contributed by atoms with van der Waals surface area (Å²) in [6, 6.07) is 24.3. The van der Waals surface area contributed by atoms with Gasteiger partial charge in [0.25, 0.3) is 0 Å². The van der Waals surface area contributed by atoms with Crippen LogP contribution < -0.4 is 0 Å². The first-order valence-electron chi connectivity index (χ1n) is 9.83. The van der Waals surface area contributed by atoms with Gasteiger partial charge in [0.2, 0.25) is 0 Å². The second kappa shape index (κ2) is 6.83. The Morgan fingerprint density at radius 2 is 1.54 bits per heavy atom. The first-order valence-corrected chi connectivity index (χ1v) is 9.83. The predicted molar refractivity (Wildman–Crippen MR) is 123 cm³/mol.